The first kappa shape index (κ1) is 18.6. The second-order valence-corrected chi connectivity index (χ2v) is 6.70. The maximum absolute atomic E-state index is 13.6. The van der Waals surface area contributed by atoms with Crippen LogP contribution in [0.5, 0.6) is 0 Å². The van der Waals surface area contributed by atoms with E-state index < -0.39 is 0 Å². The summed E-state index contributed by atoms with van der Waals surface area (Å²) in [5.74, 6) is -1.33. The number of rotatable bonds is 5. The van der Waals surface area contributed by atoms with Crippen LogP contribution in [0.3, 0.4) is 0 Å². The Morgan fingerprint density at radius 3 is 2.03 bits per heavy atom. The highest BCUT2D eigenvalue weighted by Gasteiger charge is 2.36. The van der Waals surface area contributed by atoms with E-state index in [2.05, 4.69) is 5.32 Å². The molecule has 1 heterocycles. The van der Waals surface area contributed by atoms with Crippen LogP contribution in [0.4, 0.5) is 10.1 Å². The van der Waals surface area contributed by atoms with E-state index in [1.165, 1.54) is 6.07 Å². The molecule has 0 aromatic heterocycles. The van der Waals surface area contributed by atoms with Crippen molar-refractivity contribution in [3.8, 4) is 0 Å². The SMILES string of the molecule is O=C(Cc1ccc(N2C(=O)c3ccccc3C2=O)cc1)NCc1ccccc1F. The summed E-state index contributed by atoms with van der Waals surface area (Å²) in [6, 6.07) is 19.6. The third-order valence-corrected chi connectivity index (χ3v) is 4.79. The maximum Gasteiger partial charge on any atom is 0.266 e. The van der Waals surface area contributed by atoms with Gasteiger partial charge in [0.1, 0.15) is 5.82 Å². The molecular weight excluding hydrogens is 371 g/mol. The van der Waals surface area contributed by atoms with Gasteiger partial charge in [-0.15, -0.1) is 0 Å². The summed E-state index contributed by atoms with van der Waals surface area (Å²) >= 11 is 0. The highest BCUT2D eigenvalue weighted by Crippen LogP contribution is 2.28. The minimum atomic E-state index is -0.363. The van der Waals surface area contributed by atoms with Crippen LogP contribution in [-0.2, 0) is 17.8 Å². The highest BCUT2D eigenvalue weighted by molar-refractivity contribution is 6.34. The molecule has 0 fully saturated rings. The number of anilines is 1. The topological polar surface area (TPSA) is 66.5 Å². The summed E-state index contributed by atoms with van der Waals surface area (Å²) in [4.78, 5) is 38.3. The fourth-order valence-electron chi connectivity index (χ4n) is 3.27. The minimum Gasteiger partial charge on any atom is -0.352 e. The third kappa shape index (κ3) is 3.65. The second-order valence-electron chi connectivity index (χ2n) is 6.70. The molecule has 0 radical (unpaired) electrons. The van der Waals surface area contributed by atoms with Crippen molar-refractivity contribution in [2.24, 2.45) is 0 Å². The lowest BCUT2D eigenvalue weighted by molar-refractivity contribution is -0.120. The van der Waals surface area contributed by atoms with Gasteiger partial charge in [-0.25, -0.2) is 9.29 Å². The molecule has 1 aliphatic heterocycles. The van der Waals surface area contributed by atoms with Gasteiger partial charge in [-0.3, -0.25) is 14.4 Å². The number of halogens is 1. The van der Waals surface area contributed by atoms with Crippen molar-refractivity contribution in [1.29, 1.82) is 0 Å². The highest BCUT2D eigenvalue weighted by atomic mass is 19.1. The Bertz CT molecular complexity index is 1070. The van der Waals surface area contributed by atoms with Crippen LogP contribution >= 0.6 is 0 Å². The largest absolute Gasteiger partial charge is 0.352 e. The monoisotopic (exact) mass is 388 g/mol. The molecule has 1 aliphatic rings. The van der Waals surface area contributed by atoms with E-state index in [9.17, 15) is 18.8 Å². The van der Waals surface area contributed by atoms with Crippen LogP contribution in [-0.4, -0.2) is 17.7 Å². The molecule has 6 heteroatoms. The lowest BCUT2D eigenvalue weighted by atomic mass is 10.1. The maximum atomic E-state index is 13.6. The minimum absolute atomic E-state index is 0.108. The van der Waals surface area contributed by atoms with Crippen molar-refractivity contribution in [3.63, 3.8) is 0 Å². The Morgan fingerprint density at radius 1 is 0.828 bits per heavy atom. The van der Waals surface area contributed by atoms with Crippen LogP contribution in [0, 0.1) is 5.82 Å². The van der Waals surface area contributed by atoms with Crippen molar-refractivity contribution in [2.45, 2.75) is 13.0 Å². The number of nitrogens with one attached hydrogen (secondary N) is 1. The Hall–Kier alpha value is -3.80. The predicted molar refractivity (Wildman–Crippen MR) is 106 cm³/mol. The van der Waals surface area contributed by atoms with Gasteiger partial charge in [0.15, 0.2) is 0 Å². The molecule has 0 spiro atoms. The van der Waals surface area contributed by atoms with Crippen molar-refractivity contribution in [1.82, 2.24) is 5.32 Å². The summed E-state index contributed by atoms with van der Waals surface area (Å²) in [6.07, 6.45) is 0.108. The van der Waals surface area contributed by atoms with Crippen LogP contribution in [0.1, 0.15) is 31.8 Å². The van der Waals surface area contributed by atoms with E-state index in [4.69, 9.17) is 0 Å². The molecule has 0 bridgehead atoms. The first-order valence-corrected chi connectivity index (χ1v) is 9.11. The van der Waals surface area contributed by atoms with Crippen molar-refractivity contribution >= 4 is 23.4 Å². The lowest BCUT2D eigenvalue weighted by Crippen LogP contribution is -2.29. The first-order valence-electron chi connectivity index (χ1n) is 9.11. The number of hydrogen-bond acceptors (Lipinski definition) is 3. The zero-order chi connectivity index (χ0) is 20.4. The van der Waals surface area contributed by atoms with E-state index >= 15 is 0 Å². The number of benzene rings is 3. The van der Waals surface area contributed by atoms with Crippen LogP contribution in [0.2, 0.25) is 0 Å². The quantitative estimate of drug-likeness (QED) is 0.681. The average molecular weight is 388 g/mol. The normalized spacial score (nSPS) is 12.8. The molecule has 3 amide bonds. The predicted octanol–water partition coefficient (Wildman–Crippen LogP) is 3.49. The van der Waals surface area contributed by atoms with E-state index in [1.54, 1.807) is 66.7 Å². The smallest absolute Gasteiger partial charge is 0.266 e. The standard InChI is InChI=1S/C23H17FN2O3/c24-20-8-4-1-5-16(20)14-25-21(27)13-15-9-11-17(12-10-15)26-22(28)18-6-2-3-7-19(18)23(26)29/h1-12H,13-14H2,(H,25,27). The Kier molecular flexibility index (Phi) is 4.91. The zero-order valence-electron chi connectivity index (χ0n) is 15.4. The molecule has 5 nitrogen and oxygen atoms in total. The molecule has 0 unspecified atom stereocenters. The molecule has 0 aliphatic carbocycles. The molecule has 0 saturated heterocycles. The van der Waals surface area contributed by atoms with Crippen molar-refractivity contribution in [3.05, 3.63) is 101 Å². The molecule has 0 atom stereocenters. The van der Waals surface area contributed by atoms with Gasteiger partial charge in [0.05, 0.1) is 23.2 Å². The van der Waals surface area contributed by atoms with Gasteiger partial charge in [0.2, 0.25) is 5.91 Å². The average Bonchev–Trinajstić information content (AvgIpc) is 2.99. The third-order valence-electron chi connectivity index (χ3n) is 4.79. The number of hydrogen-bond donors (Lipinski definition) is 1. The van der Waals surface area contributed by atoms with Crippen molar-refractivity contribution < 1.29 is 18.8 Å². The molecule has 1 N–H and O–H groups in total. The zero-order valence-corrected chi connectivity index (χ0v) is 15.4. The van der Waals surface area contributed by atoms with E-state index in [-0.39, 0.29) is 36.5 Å². The Balaban J connectivity index is 1.41. The molecular formula is C23H17FN2O3. The number of nitrogens with zero attached hydrogens (tertiary/aromatic N) is 1. The number of carbonyl (C=O) groups is 3. The molecule has 29 heavy (non-hydrogen) atoms. The fraction of sp³-hybridized carbons (Fsp3) is 0.0870. The summed E-state index contributed by atoms with van der Waals surface area (Å²) in [7, 11) is 0. The van der Waals surface area contributed by atoms with Gasteiger partial charge in [-0.2, -0.15) is 0 Å². The number of amides is 3. The Labute approximate surface area is 166 Å². The van der Waals surface area contributed by atoms with Gasteiger partial charge in [0, 0.05) is 12.1 Å². The molecule has 0 saturated carbocycles. The summed E-state index contributed by atoms with van der Waals surface area (Å²) in [5, 5.41) is 2.69. The molecule has 144 valence electrons. The molecule has 3 aromatic rings. The lowest BCUT2D eigenvalue weighted by Gasteiger charge is -2.14. The summed E-state index contributed by atoms with van der Waals surface area (Å²) in [6.45, 7) is 0.110. The number of imide groups is 1. The Morgan fingerprint density at radius 2 is 1.41 bits per heavy atom. The van der Waals surface area contributed by atoms with E-state index in [0.717, 1.165) is 10.5 Å². The van der Waals surface area contributed by atoms with Gasteiger partial charge < -0.3 is 5.32 Å². The van der Waals surface area contributed by atoms with Crippen LogP contribution in [0.25, 0.3) is 0 Å². The number of carbonyl (C=O) groups excluding carboxylic acids is 3. The van der Waals surface area contributed by atoms with Gasteiger partial charge >= 0.3 is 0 Å². The molecule has 4 rings (SSSR count). The summed E-state index contributed by atoms with van der Waals surface area (Å²) in [5.41, 5.74) is 2.35. The fourth-order valence-corrected chi connectivity index (χ4v) is 3.27. The van der Waals surface area contributed by atoms with Crippen LogP contribution < -0.4 is 10.2 Å². The van der Waals surface area contributed by atoms with Gasteiger partial charge in [-0.1, -0.05) is 42.5 Å². The van der Waals surface area contributed by atoms with E-state index in [0.29, 0.717) is 22.4 Å². The van der Waals surface area contributed by atoms with Crippen molar-refractivity contribution in [2.75, 3.05) is 4.90 Å². The van der Waals surface area contributed by atoms with E-state index in [1.807, 2.05) is 0 Å². The first-order chi connectivity index (χ1) is 14.0. The second kappa shape index (κ2) is 7.67. The number of fused-ring (bicyclic) bond motifs is 1. The van der Waals surface area contributed by atoms with Crippen LogP contribution in [0.15, 0.2) is 72.8 Å². The van der Waals surface area contributed by atoms with Gasteiger partial charge in [0.25, 0.3) is 11.8 Å². The molecule has 3 aromatic carbocycles. The van der Waals surface area contributed by atoms with Gasteiger partial charge in [-0.05, 0) is 35.9 Å². The summed E-state index contributed by atoms with van der Waals surface area (Å²) < 4.78 is 13.6.